The number of methoxy groups -OCH3 is 1. The molecule has 0 radical (unpaired) electrons. The number of benzene rings is 2. The number of carbonyl (C=O) groups is 2. The molecule has 0 spiro atoms. The van der Waals surface area contributed by atoms with Crippen LogP contribution < -0.4 is 15.0 Å². The predicted molar refractivity (Wildman–Crippen MR) is 119 cm³/mol. The number of fused-ring (bicyclic) bond motifs is 2. The third kappa shape index (κ3) is 3.70. The van der Waals surface area contributed by atoms with Crippen LogP contribution in [0.25, 0.3) is 0 Å². The lowest BCUT2D eigenvalue weighted by atomic mass is 10.0. The lowest BCUT2D eigenvalue weighted by Gasteiger charge is -2.25. The van der Waals surface area contributed by atoms with Gasteiger partial charge in [0.05, 0.1) is 30.1 Å². The Balaban J connectivity index is 1.67. The summed E-state index contributed by atoms with van der Waals surface area (Å²) in [5.74, 6) is 0.0428. The highest BCUT2D eigenvalue weighted by molar-refractivity contribution is 6.17. The van der Waals surface area contributed by atoms with E-state index in [1.807, 2.05) is 51.1 Å². The fourth-order valence-electron chi connectivity index (χ4n) is 4.20. The number of nitrogens with zero attached hydrogens (tertiary/aromatic N) is 2. The summed E-state index contributed by atoms with van der Waals surface area (Å²) in [7, 11) is 1.57. The first-order valence-electron chi connectivity index (χ1n) is 10.3. The Labute approximate surface area is 176 Å². The number of nitrogens with one attached hydrogen (secondary N) is 1. The van der Waals surface area contributed by atoms with Crippen molar-refractivity contribution in [2.24, 2.45) is 10.9 Å². The van der Waals surface area contributed by atoms with Gasteiger partial charge in [-0.25, -0.2) is 0 Å². The lowest BCUT2D eigenvalue weighted by Crippen LogP contribution is -2.42. The number of rotatable bonds is 4. The smallest absolute Gasteiger partial charge is 0.244 e. The number of amides is 2. The second-order valence-electron chi connectivity index (χ2n) is 8.15. The quantitative estimate of drug-likeness (QED) is 0.815. The fourth-order valence-corrected chi connectivity index (χ4v) is 4.20. The molecule has 1 saturated carbocycles. The van der Waals surface area contributed by atoms with Gasteiger partial charge in [-0.1, -0.05) is 6.07 Å². The number of hydrogen-bond donors (Lipinski definition) is 1. The molecule has 2 amide bonds. The van der Waals surface area contributed by atoms with Crippen molar-refractivity contribution in [3.8, 4) is 5.75 Å². The molecule has 1 aliphatic carbocycles. The Bertz CT molecular complexity index is 1060. The van der Waals surface area contributed by atoms with Crippen LogP contribution in [-0.2, 0) is 9.59 Å². The highest BCUT2D eigenvalue weighted by Gasteiger charge is 2.37. The topological polar surface area (TPSA) is 71.0 Å². The van der Waals surface area contributed by atoms with Crippen molar-refractivity contribution in [1.82, 2.24) is 0 Å². The first-order valence-corrected chi connectivity index (χ1v) is 10.3. The van der Waals surface area contributed by atoms with Crippen LogP contribution in [0.5, 0.6) is 5.75 Å². The van der Waals surface area contributed by atoms with Crippen molar-refractivity contribution in [2.45, 2.75) is 40.0 Å². The maximum Gasteiger partial charge on any atom is 0.244 e. The summed E-state index contributed by atoms with van der Waals surface area (Å²) in [5, 5.41) is 2.91. The van der Waals surface area contributed by atoms with Crippen molar-refractivity contribution < 1.29 is 14.3 Å². The van der Waals surface area contributed by atoms with Gasteiger partial charge in [-0.05, 0) is 81.0 Å². The zero-order chi connectivity index (χ0) is 21.4. The molecule has 2 aliphatic rings. The van der Waals surface area contributed by atoms with Gasteiger partial charge < -0.3 is 15.0 Å². The van der Waals surface area contributed by atoms with E-state index < -0.39 is 0 Å². The average molecular weight is 405 g/mol. The second kappa shape index (κ2) is 7.94. The zero-order valence-corrected chi connectivity index (χ0v) is 17.9. The molecular weight excluding hydrogens is 378 g/mol. The van der Waals surface area contributed by atoms with Crippen molar-refractivity contribution >= 4 is 34.6 Å². The molecule has 1 heterocycles. The van der Waals surface area contributed by atoms with E-state index in [1.54, 1.807) is 12.0 Å². The van der Waals surface area contributed by atoms with Gasteiger partial charge in [0.15, 0.2) is 0 Å². The van der Waals surface area contributed by atoms with Crippen molar-refractivity contribution in [1.29, 1.82) is 0 Å². The molecular formula is C24H27N3O3. The van der Waals surface area contributed by atoms with E-state index in [1.165, 1.54) is 0 Å². The van der Waals surface area contributed by atoms with Crippen LogP contribution in [0.15, 0.2) is 35.3 Å². The van der Waals surface area contributed by atoms with E-state index in [-0.39, 0.29) is 24.3 Å². The van der Waals surface area contributed by atoms with E-state index in [9.17, 15) is 9.59 Å². The number of aliphatic imine (C=N–C) groups is 1. The van der Waals surface area contributed by atoms with Gasteiger partial charge in [0.2, 0.25) is 11.8 Å². The SMILES string of the molecule is COc1ccc(C)cc1NC(=O)CN1C(=O)C2CCCC2=Nc2cc(C)c(C)cc21. The molecule has 1 N–H and O–H groups in total. The second-order valence-corrected chi connectivity index (χ2v) is 8.15. The van der Waals surface area contributed by atoms with E-state index in [0.717, 1.165) is 47.4 Å². The van der Waals surface area contributed by atoms with Gasteiger partial charge in [0.1, 0.15) is 12.3 Å². The summed E-state index contributed by atoms with van der Waals surface area (Å²) in [4.78, 5) is 32.8. The largest absolute Gasteiger partial charge is 0.495 e. The van der Waals surface area contributed by atoms with Gasteiger partial charge in [-0.3, -0.25) is 14.6 Å². The summed E-state index contributed by atoms with van der Waals surface area (Å²) >= 11 is 0. The Morgan fingerprint density at radius 2 is 1.97 bits per heavy atom. The van der Waals surface area contributed by atoms with Crippen LogP contribution >= 0.6 is 0 Å². The molecule has 6 nitrogen and oxygen atoms in total. The van der Waals surface area contributed by atoms with E-state index in [4.69, 9.17) is 9.73 Å². The molecule has 0 saturated heterocycles. The number of carbonyl (C=O) groups excluding carboxylic acids is 2. The highest BCUT2D eigenvalue weighted by atomic mass is 16.5. The lowest BCUT2D eigenvalue weighted by molar-refractivity contribution is -0.123. The van der Waals surface area contributed by atoms with Gasteiger partial charge in [-0.15, -0.1) is 0 Å². The number of aryl methyl sites for hydroxylation is 3. The highest BCUT2D eigenvalue weighted by Crippen LogP contribution is 2.39. The van der Waals surface area contributed by atoms with Crippen molar-refractivity contribution in [2.75, 3.05) is 23.9 Å². The molecule has 2 aromatic carbocycles. The fraction of sp³-hybridized carbons (Fsp3) is 0.375. The van der Waals surface area contributed by atoms with Crippen LogP contribution in [-0.4, -0.2) is 31.2 Å². The molecule has 0 bridgehead atoms. The molecule has 156 valence electrons. The van der Waals surface area contributed by atoms with E-state index in [2.05, 4.69) is 5.32 Å². The number of ether oxygens (including phenoxy) is 1. The third-order valence-corrected chi connectivity index (χ3v) is 5.97. The van der Waals surface area contributed by atoms with Gasteiger partial charge in [-0.2, -0.15) is 0 Å². The first-order chi connectivity index (χ1) is 14.4. The summed E-state index contributed by atoms with van der Waals surface area (Å²) in [6.45, 7) is 5.93. The van der Waals surface area contributed by atoms with E-state index >= 15 is 0 Å². The molecule has 0 aromatic heterocycles. The van der Waals surface area contributed by atoms with Crippen molar-refractivity contribution in [3.63, 3.8) is 0 Å². The van der Waals surface area contributed by atoms with Crippen LogP contribution in [0, 0.1) is 26.7 Å². The summed E-state index contributed by atoms with van der Waals surface area (Å²) in [6.07, 6.45) is 2.58. The van der Waals surface area contributed by atoms with Crippen LogP contribution in [0.1, 0.15) is 36.0 Å². The van der Waals surface area contributed by atoms with Crippen LogP contribution in [0.4, 0.5) is 17.1 Å². The summed E-state index contributed by atoms with van der Waals surface area (Å²) in [6, 6.07) is 9.59. The summed E-state index contributed by atoms with van der Waals surface area (Å²) in [5.41, 5.74) is 6.21. The molecule has 4 rings (SSSR count). The Morgan fingerprint density at radius 3 is 2.73 bits per heavy atom. The number of anilines is 2. The van der Waals surface area contributed by atoms with Crippen LogP contribution in [0.3, 0.4) is 0 Å². The minimum atomic E-state index is -0.266. The molecule has 1 aliphatic heterocycles. The molecule has 1 fully saturated rings. The minimum absolute atomic E-state index is 0.0420. The Kier molecular flexibility index (Phi) is 5.33. The summed E-state index contributed by atoms with van der Waals surface area (Å²) < 4.78 is 5.36. The monoisotopic (exact) mass is 405 g/mol. The standard InChI is InChI=1S/C24H27N3O3/c1-14-8-9-22(30-4)20(10-14)26-23(28)13-27-21-12-16(3)15(2)11-19(21)25-18-7-5-6-17(18)24(27)29/h8-12,17H,5-7,13H2,1-4H3,(H,26,28). The molecule has 6 heteroatoms. The normalized spacial score (nSPS) is 17.7. The molecule has 1 unspecified atom stereocenters. The Hall–Kier alpha value is -3.15. The van der Waals surface area contributed by atoms with Crippen LogP contribution in [0.2, 0.25) is 0 Å². The molecule has 30 heavy (non-hydrogen) atoms. The third-order valence-electron chi connectivity index (χ3n) is 5.97. The maximum atomic E-state index is 13.4. The first kappa shape index (κ1) is 20.1. The van der Waals surface area contributed by atoms with Gasteiger partial charge in [0.25, 0.3) is 0 Å². The van der Waals surface area contributed by atoms with Gasteiger partial charge >= 0.3 is 0 Å². The predicted octanol–water partition coefficient (Wildman–Crippen LogP) is 4.48. The minimum Gasteiger partial charge on any atom is -0.495 e. The van der Waals surface area contributed by atoms with E-state index in [0.29, 0.717) is 17.1 Å². The Morgan fingerprint density at radius 1 is 1.20 bits per heavy atom. The van der Waals surface area contributed by atoms with Crippen molar-refractivity contribution in [3.05, 3.63) is 47.0 Å². The average Bonchev–Trinajstić information content (AvgIpc) is 3.13. The molecule has 1 atom stereocenters. The zero-order valence-electron chi connectivity index (χ0n) is 17.9. The van der Waals surface area contributed by atoms with Gasteiger partial charge in [0, 0.05) is 5.71 Å². The maximum absolute atomic E-state index is 13.4. The molecule has 2 aromatic rings. The number of hydrogen-bond acceptors (Lipinski definition) is 4.